The van der Waals surface area contributed by atoms with Gasteiger partial charge < -0.3 is 10.4 Å². The van der Waals surface area contributed by atoms with Gasteiger partial charge in [-0.15, -0.1) is 0 Å². The Kier molecular flexibility index (Phi) is 4.36. The summed E-state index contributed by atoms with van der Waals surface area (Å²) in [7, 11) is 0. The molecule has 1 aromatic carbocycles. The molecule has 0 aliphatic rings. The van der Waals surface area contributed by atoms with Gasteiger partial charge in [0.05, 0.1) is 6.61 Å². The third kappa shape index (κ3) is 4.67. The molecule has 1 unspecified atom stereocenters. The molecule has 0 bridgehead atoms. The summed E-state index contributed by atoms with van der Waals surface area (Å²) in [6.45, 7) is 8.80. The van der Waals surface area contributed by atoms with E-state index in [1.165, 1.54) is 5.56 Å². The summed E-state index contributed by atoms with van der Waals surface area (Å²) in [5.41, 5.74) is 2.56. The Labute approximate surface area is 98.7 Å². The van der Waals surface area contributed by atoms with E-state index in [9.17, 15) is 5.11 Å². The van der Waals surface area contributed by atoms with Crippen molar-refractivity contribution in [2.75, 3.05) is 11.9 Å². The monoisotopic (exact) mass is 221 g/mol. The second-order valence-electron chi connectivity index (χ2n) is 5.65. The molecule has 2 nitrogen and oxygen atoms in total. The van der Waals surface area contributed by atoms with Crippen molar-refractivity contribution in [1.82, 2.24) is 0 Å². The Morgan fingerprint density at radius 2 is 1.75 bits per heavy atom. The van der Waals surface area contributed by atoms with E-state index in [-0.39, 0.29) is 18.1 Å². The number of anilines is 1. The van der Waals surface area contributed by atoms with Crippen molar-refractivity contribution >= 4 is 5.69 Å². The van der Waals surface area contributed by atoms with Crippen LogP contribution in [0.5, 0.6) is 0 Å². The Balaban J connectivity index is 2.60. The van der Waals surface area contributed by atoms with E-state index in [4.69, 9.17) is 0 Å². The van der Waals surface area contributed by atoms with Crippen molar-refractivity contribution in [1.29, 1.82) is 0 Å². The standard InChI is InChI=1S/C14H23NO/c1-11-5-7-12(8-6-11)15-13(10-16)9-14(2,3)4/h5-8,13,15-16H,9-10H2,1-4H3. The van der Waals surface area contributed by atoms with E-state index < -0.39 is 0 Å². The van der Waals surface area contributed by atoms with Gasteiger partial charge in [-0.3, -0.25) is 0 Å². The van der Waals surface area contributed by atoms with Crippen molar-refractivity contribution in [2.45, 2.75) is 40.2 Å². The maximum absolute atomic E-state index is 9.34. The molecule has 2 N–H and O–H groups in total. The van der Waals surface area contributed by atoms with E-state index in [1.807, 2.05) is 0 Å². The van der Waals surface area contributed by atoms with E-state index in [0.29, 0.717) is 0 Å². The largest absolute Gasteiger partial charge is 0.394 e. The first-order chi connectivity index (χ1) is 7.40. The van der Waals surface area contributed by atoms with Crippen LogP contribution in [0.4, 0.5) is 5.69 Å². The molecule has 0 fully saturated rings. The molecular formula is C14H23NO. The van der Waals surface area contributed by atoms with Crippen LogP contribution in [0.3, 0.4) is 0 Å². The van der Waals surface area contributed by atoms with Crippen LogP contribution in [0.2, 0.25) is 0 Å². The Morgan fingerprint density at radius 3 is 2.19 bits per heavy atom. The highest BCUT2D eigenvalue weighted by Crippen LogP contribution is 2.22. The molecule has 0 saturated heterocycles. The summed E-state index contributed by atoms with van der Waals surface area (Å²) in [6.07, 6.45) is 0.956. The van der Waals surface area contributed by atoms with Crippen molar-refractivity contribution in [3.8, 4) is 0 Å². The van der Waals surface area contributed by atoms with Crippen LogP contribution in [-0.4, -0.2) is 17.8 Å². The lowest BCUT2D eigenvalue weighted by atomic mass is 9.88. The predicted molar refractivity (Wildman–Crippen MR) is 69.7 cm³/mol. The van der Waals surface area contributed by atoms with Crippen LogP contribution in [0.25, 0.3) is 0 Å². The minimum Gasteiger partial charge on any atom is -0.394 e. The lowest BCUT2D eigenvalue weighted by Gasteiger charge is -2.26. The Hall–Kier alpha value is -1.02. The van der Waals surface area contributed by atoms with Crippen LogP contribution in [0.1, 0.15) is 32.8 Å². The molecule has 0 amide bonds. The van der Waals surface area contributed by atoms with Gasteiger partial charge in [0.2, 0.25) is 0 Å². The Bertz CT molecular complexity index is 311. The molecule has 1 atom stereocenters. The molecular weight excluding hydrogens is 198 g/mol. The average Bonchev–Trinajstić information content (AvgIpc) is 2.18. The lowest BCUT2D eigenvalue weighted by molar-refractivity contribution is 0.234. The van der Waals surface area contributed by atoms with Crippen molar-refractivity contribution in [3.63, 3.8) is 0 Å². The van der Waals surface area contributed by atoms with E-state index in [1.54, 1.807) is 0 Å². The van der Waals surface area contributed by atoms with Crippen LogP contribution in [0.15, 0.2) is 24.3 Å². The number of rotatable bonds is 4. The second kappa shape index (κ2) is 5.35. The number of aliphatic hydroxyl groups excluding tert-OH is 1. The SMILES string of the molecule is Cc1ccc(NC(CO)CC(C)(C)C)cc1. The molecule has 0 aromatic heterocycles. The van der Waals surface area contributed by atoms with Gasteiger partial charge in [0.1, 0.15) is 0 Å². The summed E-state index contributed by atoms with van der Waals surface area (Å²) >= 11 is 0. The van der Waals surface area contributed by atoms with Crippen molar-refractivity contribution < 1.29 is 5.11 Å². The van der Waals surface area contributed by atoms with Gasteiger partial charge in [-0.05, 0) is 30.9 Å². The first kappa shape index (κ1) is 13.0. The van der Waals surface area contributed by atoms with Gasteiger partial charge in [-0.1, -0.05) is 38.5 Å². The molecule has 1 rings (SSSR count). The van der Waals surface area contributed by atoms with Crippen molar-refractivity contribution in [2.24, 2.45) is 5.41 Å². The summed E-state index contributed by atoms with van der Waals surface area (Å²) in [5.74, 6) is 0. The summed E-state index contributed by atoms with van der Waals surface area (Å²) < 4.78 is 0. The van der Waals surface area contributed by atoms with E-state index in [2.05, 4.69) is 57.3 Å². The van der Waals surface area contributed by atoms with E-state index >= 15 is 0 Å². The van der Waals surface area contributed by atoms with Gasteiger partial charge in [-0.2, -0.15) is 0 Å². The van der Waals surface area contributed by atoms with Crippen molar-refractivity contribution in [3.05, 3.63) is 29.8 Å². The summed E-state index contributed by atoms with van der Waals surface area (Å²) in [4.78, 5) is 0. The summed E-state index contributed by atoms with van der Waals surface area (Å²) in [5, 5.41) is 12.7. The van der Waals surface area contributed by atoms with Gasteiger partial charge >= 0.3 is 0 Å². The number of hydrogen-bond donors (Lipinski definition) is 2. The smallest absolute Gasteiger partial charge is 0.0633 e. The minimum absolute atomic E-state index is 0.128. The minimum atomic E-state index is 0.128. The maximum atomic E-state index is 9.34. The van der Waals surface area contributed by atoms with Gasteiger partial charge in [-0.25, -0.2) is 0 Å². The molecule has 0 spiro atoms. The molecule has 0 aliphatic carbocycles. The molecule has 16 heavy (non-hydrogen) atoms. The number of aryl methyl sites for hydroxylation is 1. The highest BCUT2D eigenvalue weighted by Gasteiger charge is 2.17. The fourth-order valence-electron chi connectivity index (χ4n) is 1.79. The van der Waals surface area contributed by atoms with Crippen LogP contribution in [-0.2, 0) is 0 Å². The molecule has 0 saturated carbocycles. The lowest BCUT2D eigenvalue weighted by Crippen LogP contribution is -2.29. The quantitative estimate of drug-likeness (QED) is 0.818. The van der Waals surface area contributed by atoms with Gasteiger partial charge in [0, 0.05) is 11.7 Å². The van der Waals surface area contributed by atoms with Gasteiger partial charge in [0.25, 0.3) is 0 Å². The van der Waals surface area contributed by atoms with E-state index in [0.717, 1.165) is 12.1 Å². The summed E-state index contributed by atoms with van der Waals surface area (Å²) in [6, 6.07) is 8.39. The second-order valence-corrected chi connectivity index (χ2v) is 5.65. The van der Waals surface area contributed by atoms with Crippen LogP contribution in [0, 0.1) is 12.3 Å². The zero-order valence-corrected chi connectivity index (χ0v) is 10.7. The van der Waals surface area contributed by atoms with Crippen LogP contribution < -0.4 is 5.32 Å². The fourth-order valence-corrected chi connectivity index (χ4v) is 1.79. The topological polar surface area (TPSA) is 32.3 Å². The molecule has 2 heteroatoms. The number of nitrogens with one attached hydrogen (secondary N) is 1. The molecule has 0 aliphatic heterocycles. The molecule has 1 aromatic rings. The zero-order chi connectivity index (χ0) is 12.2. The highest BCUT2D eigenvalue weighted by atomic mass is 16.3. The number of hydrogen-bond acceptors (Lipinski definition) is 2. The molecule has 0 heterocycles. The first-order valence-electron chi connectivity index (χ1n) is 5.85. The average molecular weight is 221 g/mol. The first-order valence-corrected chi connectivity index (χ1v) is 5.85. The molecule has 0 radical (unpaired) electrons. The predicted octanol–water partition coefficient (Wildman–Crippen LogP) is 3.20. The normalized spacial score (nSPS) is 13.6. The number of benzene rings is 1. The van der Waals surface area contributed by atoms with Crippen LogP contribution >= 0.6 is 0 Å². The Morgan fingerprint density at radius 1 is 1.19 bits per heavy atom. The third-order valence-corrected chi connectivity index (χ3v) is 2.50. The third-order valence-electron chi connectivity index (χ3n) is 2.50. The fraction of sp³-hybridized carbons (Fsp3) is 0.571. The highest BCUT2D eigenvalue weighted by molar-refractivity contribution is 5.45. The van der Waals surface area contributed by atoms with Gasteiger partial charge in [0.15, 0.2) is 0 Å². The zero-order valence-electron chi connectivity index (χ0n) is 10.7. The number of aliphatic hydroxyl groups is 1. The maximum Gasteiger partial charge on any atom is 0.0633 e. The molecule has 90 valence electrons.